The highest BCUT2D eigenvalue weighted by atomic mass is 19.4. The molecule has 1 aromatic heterocycles. The van der Waals surface area contributed by atoms with Crippen LogP contribution in [-0.2, 0) is 17.5 Å². The van der Waals surface area contributed by atoms with E-state index in [0.29, 0.717) is 22.3 Å². The van der Waals surface area contributed by atoms with Crippen molar-refractivity contribution < 1.29 is 27.1 Å². The molecule has 0 fully saturated rings. The van der Waals surface area contributed by atoms with Crippen LogP contribution >= 0.6 is 0 Å². The molecule has 0 atom stereocenters. The highest BCUT2D eigenvalue weighted by Crippen LogP contribution is 2.29. The summed E-state index contributed by atoms with van der Waals surface area (Å²) in [5, 5.41) is 3.27. The maximum absolute atomic E-state index is 12.5. The van der Waals surface area contributed by atoms with Crippen molar-refractivity contribution in [1.82, 2.24) is 5.32 Å². The third kappa shape index (κ3) is 4.87. The van der Waals surface area contributed by atoms with Gasteiger partial charge in [-0.3, -0.25) is 4.79 Å². The number of fused-ring (bicyclic) bond motifs is 1. The van der Waals surface area contributed by atoms with Gasteiger partial charge in [0.05, 0.1) is 5.56 Å². The molecule has 5 nitrogen and oxygen atoms in total. The number of hydrogen-bond acceptors (Lipinski definition) is 4. The van der Waals surface area contributed by atoms with Gasteiger partial charge in [-0.05, 0) is 35.9 Å². The zero-order chi connectivity index (χ0) is 19.4. The number of benzene rings is 2. The van der Waals surface area contributed by atoms with E-state index in [-0.39, 0.29) is 13.2 Å². The van der Waals surface area contributed by atoms with Crippen LogP contribution in [0.2, 0.25) is 0 Å². The molecule has 0 aliphatic rings. The van der Waals surface area contributed by atoms with Crippen LogP contribution in [0, 0.1) is 0 Å². The quantitative estimate of drug-likeness (QED) is 0.691. The number of ether oxygens (including phenoxy) is 1. The molecule has 3 aromatic rings. The maximum Gasteiger partial charge on any atom is 0.416 e. The van der Waals surface area contributed by atoms with Gasteiger partial charge in [-0.1, -0.05) is 12.1 Å². The van der Waals surface area contributed by atoms with Crippen LogP contribution in [0.25, 0.3) is 11.0 Å². The van der Waals surface area contributed by atoms with Crippen LogP contribution < -0.4 is 15.7 Å². The molecular weight excluding hydrogens is 363 g/mol. The highest BCUT2D eigenvalue weighted by molar-refractivity contribution is 5.79. The van der Waals surface area contributed by atoms with Crippen LogP contribution in [-0.4, -0.2) is 12.5 Å². The fourth-order valence-electron chi connectivity index (χ4n) is 2.34. The van der Waals surface area contributed by atoms with Crippen molar-refractivity contribution in [3.63, 3.8) is 0 Å². The van der Waals surface area contributed by atoms with Gasteiger partial charge in [0.2, 0.25) is 0 Å². The Labute approximate surface area is 151 Å². The Morgan fingerprint density at radius 1 is 1.04 bits per heavy atom. The Morgan fingerprint density at radius 2 is 1.74 bits per heavy atom. The number of nitrogens with one attached hydrogen (secondary N) is 1. The van der Waals surface area contributed by atoms with E-state index in [4.69, 9.17) is 9.15 Å². The number of halogens is 3. The molecule has 27 heavy (non-hydrogen) atoms. The van der Waals surface area contributed by atoms with Crippen molar-refractivity contribution in [2.24, 2.45) is 0 Å². The Balaban J connectivity index is 1.53. The molecular formula is C19H14F3NO4. The summed E-state index contributed by atoms with van der Waals surface area (Å²) in [4.78, 5) is 23.1. The van der Waals surface area contributed by atoms with Gasteiger partial charge in [0.15, 0.2) is 6.61 Å². The molecule has 2 aromatic carbocycles. The SMILES string of the molecule is O=C(COc1ccc2ccc(=O)oc2c1)NCc1ccc(C(F)(F)F)cc1. The topological polar surface area (TPSA) is 68.5 Å². The van der Waals surface area contributed by atoms with Crippen LogP contribution in [0.15, 0.2) is 63.8 Å². The lowest BCUT2D eigenvalue weighted by Gasteiger charge is -2.09. The second-order valence-corrected chi connectivity index (χ2v) is 5.71. The minimum atomic E-state index is -4.39. The molecule has 0 saturated carbocycles. The first kappa shape index (κ1) is 18.5. The molecule has 0 bridgehead atoms. The summed E-state index contributed by atoms with van der Waals surface area (Å²) in [7, 11) is 0. The highest BCUT2D eigenvalue weighted by Gasteiger charge is 2.29. The second-order valence-electron chi connectivity index (χ2n) is 5.71. The Morgan fingerprint density at radius 3 is 2.44 bits per heavy atom. The predicted molar refractivity (Wildman–Crippen MR) is 91.3 cm³/mol. The molecule has 0 unspecified atom stereocenters. The third-order valence-corrected chi connectivity index (χ3v) is 3.74. The summed E-state index contributed by atoms with van der Waals surface area (Å²) < 4.78 is 47.9. The fourth-order valence-corrected chi connectivity index (χ4v) is 2.34. The van der Waals surface area contributed by atoms with Crippen molar-refractivity contribution in [2.45, 2.75) is 12.7 Å². The molecule has 0 aliphatic heterocycles. The van der Waals surface area contributed by atoms with Crippen LogP contribution in [0.3, 0.4) is 0 Å². The molecule has 8 heteroatoms. The van der Waals surface area contributed by atoms with Crippen LogP contribution in [0.1, 0.15) is 11.1 Å². The number of carbonyl (C=O) groups excluding carboxylic acids is 1. The summed E-state index contributed by atoms with van der Waals surface area (Å²) >= 11 is 0. The maximum atomic E-state index is 12.5. The van der Waals surface area contributed by atoms with Gasteiger partial charge < -0.3 is 14.5 Å². The first-order valence-corrected chi connectivity index (χ1v) is 7.91. The lowest BCUT2D eigenvalue weighted by atomic mass is 10.1. The molecule has 0 saturated heterocycles. The van der Waals surface area contributed by atoms with Gasteiger partial charge >= 0.3 is 11.8 Å². The molecule has 140 valence electrons. The van der Waals surface area contributed by atoms with Crippen molar-refractivity contribution in [1.29, 1.82) is 0 Å². The van der Waals surface area contributed by atoms with E-state index in [1.54, 1.807) is 18.2 Å². The van der Waals surface area contributed by atoms with Gasteiger partial charge in [-0.2, -0.15) is 13.2 Å². The Bertz CT molecular complexity index is 1010. The van der Waals surface area contributed by atoms with E-state index in [0.717, 1.165) is 12.1 Å². The van der Waals surface area contributed by atoms with Gasteiger partial charge in [-0.15, -0.1) is 0 Å². The fraction of sp³-hybridized carbons (Fsp3) is 0.158. The molecule has 0 spiro atoms. The summed E-state index contributed by atoms with van der Waals surface area (Å²) in [6.07, 6.45) is -4.39. The monoisotopic (exact) mass is 377 g/mol. The van der Waals surface area contributed by atoms with E-state index in [9.17, 15) is 22.8 Å². The molecule has 0 radical (unpaired) electrons. The predicted octanol–water partition coefficient (Wildman–Crippen LogP) is 3.51. The first-order chi connectivity index (χ1) is 12.8. The summed E-state index contributed by atoms with van der Waals surface area (Å²) in [5.74, 6) is -0.0916. The van der Waals surface area contributed by atoms with Crippen molar-refractivity contribution >= 4 is 16.9 Å². The van der Waals surface area contributed by atoms with Crippen LogP contribution in [0.5, 0.6) is 5.75 Å². The second kappa shape index (κ2) is 7.53. The third-order valence-electron chi connectivity index (χ3n) is 3.74. The zero-order valence-electron chi connectivity index (χ0n) is 13.9. The molecule has 0 aliphatic carbocycles. The summed E-state index contributed by atoms with van der Waals surface area (Å²) in [6, 6.07) is 12.3. The lowest BCUT2D eigenvalue weighted by Crippen LogP contribution is -2.28. The van der Waals surface area contributed by atoms with Crippen molar-refractivity contribution in [2.75, 3.05) is 6.61 Å². The zero-order valence-corrected chi connectivity index (χ0v) is 13.9. The van der Waals surface area contributed by atoms with E-state index < -0.39 is 23.3 Å². The minimum Gasteiger partial charge on any atom is -0.484 e. The number of rotatable bonds is 5. The van der Waals surface area contributed by atoms with Gasteiger partial charge in [0.1, 0.15) is 11.3 Å². The number of hydrogen-bond donors (Lipinski definition) is 1. The van der Waals surface area contributed by atoms with E-state index in [2.05, 4.69) is 5.32 Å². The molecule has 1 amide bonds. The Kier molecular flexibility index (Phi) is 5.16. The van der Waals surface area contributed by atoms with Crippen LogP contribution in [0.4, 0.5) is 13.2 Å². The normalized spacial score (nSPS) is 11.4. The molecule has 3 rings (SSSR count). The molecule has 1 N–H and O–H groups in total. The smallest absolute Gasteiger partial charge is 0.416 e. The lowest BCUT2D eigenvalue weighted by molar-refractivity contribution is -0.137. The molecule has 1 heterocycles. The number of amides is 1. The van der Waals surface area contributed by atoms with Gasteiger partial charge in [0, 0.05) is 24.1 Å². The Hall–Kier alpha value is -3.29. The van der Waals surface area contributed by atoms with Crippen molar-refractivity contribution in [3.8, 4) is 5.75 Å². The van der Waals surface area contributed by atoms with Crippen molar-refractivity contribution in [3.05, 3.63) is 76.1 Å². The standard InChI is InChI=1S/C19H14F3NO4/c20-19(21,22)14-5-1-12(2-6-14)10-23-17(24)11-26-15-7-3-13-4-8-18(25)27-16(13)9-15/h1-9H,10-11H2,(H,23,24). The average Bonchev–Trinajstić information content (AvgIpc) is 2.64. The summed E-state index contributed by atoms with van der Waals surface area (Å²) in [5.41, 5.74) is -0.369. The van der Waals surface area contributed by atoms with E-state index >= 15 is 0 Å². The number of carbonyl (C=O) groups is 1. The van der Waals surface area contributed by atoms with Gasteiger partial charge in [-0.25, -0.2) is 4.79 Å². The largest absolute Gasteiger partial charge is 0.484 e. The van der Waals surface area contributed by atoms with E-state index in [1.165, 1.54) is 24.3 Å². The van der Waals surface area contributed by atoms with Gasteiger partial charge in [0.25, 0.3) is 5.91 Å². The minimum absolute atomic E-state index is 0.0763. The average molecular weight is 377 g/mol. The number of alkyl halides is 3. The van der Waals surface area contributed by atoms with E-state index in [1.807, 2.05) is 0 Å². The summed E-state index contributed by atoms with van der Waals surface area (Å²) in [6.45, 7) is -0.212. The first-order valence-electron chi connectivity index (χ1n) is 7.91.